The lowest BCUT2D eigenvalue weighted by Crippen LogP contribution is -2.40. The Hall–Kier alpha value is -2.19. The Morgan fingerprint density at radius 1 is 1.17 bits per heavy atom. The average molecular weight is 335 g/mol. The van der Waals surface area contributed by atoms with Crippen LogP contribution in [0.2, 0.25) is 0 Å². The van der Waals surface area contributed by atoms with E-state index >= 15 is 0 Å². The highest BCUT2D eigenvalue weighted by Crippen LogP contribution is 2.24. The topological polar surface area (TPSA) is 92.5 Å². The Morgan fingerprint density at radius 2 is 1.83 bits per heavy atom. The summed E-state index contributed by atoms with van der Waals surface area (Å²) in [5.74, 6) is -1.33. The first-order valence-electron chi connectivity index (χ1n) is 7.31. The summed E-state index contributed by atoms with van der Waals surface area (Å²) in [6, 6.07) is 9.24. The molecule has 0 aliphatic carbocycles. The predicted octanol–water partition coefficient (Wildman–Crippen LogP) is 1.36. The Kier molecular flexibility index (Phi) is 4.18. The maximum Gasteiger partial charge on any atom is 0.306 e. The maximum atomic E-state index is 12.6. The fraction of sp³-hybridized carbons (Fsp3) is 0.333. The number of nitrogens with zero attached hydrogens (tertiary/aromatic N) is 3. The minimum Gasteiger partial charge on any atom is -0.481 e. The molecule has 1 aromatic carbocycles. The molecule has 23 heavy (non-hydrogen) atoms. The van der Waals surface area contributed by atoms with Crippen molar-refractivity contribution < 1.29 is 18.3 Å². The monoisotopic (exact) mass is 335 g/mol. The molecule has 2 heterocycles. The molecule has 1 aliphatic rings. The number of aromatic nitrogens is 2. The first-order chi connectivity index (χ1) is 11.0. The molecule has 0 radical (unpaired) electrons. The third-order valence-corrected chi connectivity index (χ3v) is 5.87. The number of hydrogen-bond donors (Lipinski definition) is 1. The van der Waals surface area contributed by atoms with Gasteiger partial charge in [0.15, 0.2) is 0 Å². The van der Waals surface area contributed by atoms with E-state index in [1.165, 1.54) is 21.4 Å². The van der Waals surface area contributed by atoms with Crippen LogP contribution in [-0.2, 0) is 14.8 Å². The van der Waals surface area contributed by atoms with Gasteiger partial charge in [-0.05, 0) is 25.0 Å². The number of carbonyl (C=O) groups is 1. The Labute approximate surface area is 134 Å². The van der Waals surface area contributed by atoms with E-state index in [4.69, 9.17) is 5.11 Å². The lowest BCUT2D eigenvalue weighted by atomic mass is 9.99. The molecule has 1 N–H and O–H groups in total. The second kappa shape index (κ2) is 6.13. The van der Waals surface area contributed by atoms with Gasteiger partial charge >= 0.3 is 5.97 Å². The van der Waals surface area contributed by atoms with Crippen LogP contribution >= 0.6 is 0 Å². The van der Waals surface area contributed by atoms with E-state index in [0.29, 0.717) is 12.8 Å². The molecule has 2 aromatic rings. The van der Waals surface area contributed by atoms with Crippen molar-refractivity contribution in [2.75, 3.05) is 13.1 Å². The van der Waals surface area contributed by atoms with Crippen LogP contribution in [0.25, 0.3) is 5.69 Å². The molecular formula is C15H17N3O4S. The standard InChI is InChI=1S/C15H17N3O4S/c19-15(20)12-6-8-17(9-7-12)23(21,22)14-10-16-18(11-14)13-4-2-1-3-5-13/h1-5,10-12H,6-9H2,(H,19,20). The third-order valence-electron chi connectivity index (χ3n) is 4.02. The van der Waals surface area contributed by atoms with Gasteiger partial charge in [-0.2, -0.15) is 9.40 Å². The molecular weight excluding hydrogens is 318 g/mol. The Morgan fingerprint density at radius 3 is 2.43 bits per heavy atom. The van der Waals surface area contributed by atoms with Gasteiger partial charge in [0.1, 0.15) is 4.90 Å². The number of carboxylic acids is 1. The first kappa shape index (κ1) is 15.7. The van der Waals surface area contributed by atoms with Crippen LogP contribution in [0, 0.1) is 5.92 Å². The molecule has 0 atom stereocenters. The molecule has 0 amide bonds. The molecule has 1 fully saturated rings. The lowest BCUT2D eigenvalue weighted by molar-refractivity contribution is -0.142. The summed E-state index contributed by atoms with van der Waals surface area (Å²) in [6.45, 7) is 0.436. The minimum absolute atomic E-state index is 0.120. The van der Waals surface area contributed by atoms with Gasteiger partial charge in [-0.25, -0.2) is 13.1 Å². The molecule has 0 bridgehead atoms. The van der Waals surface area contributed by atoms with Crippen LogP contribution in [0.1, 0.15) is 12.8 Å². The van der Waals surface area contributed by atoms with Crippen LogP contribution in [0.4, 0.5) is 0 Å². The maximum absolute atomic E-state index is 12.6. The molecule has 0 unspecified atom stereocenters. The van der Waals surface area contributed by atoms with Crippen LogP contribution in [-0.4, -0.2) is 46.7 Å². The zero-order chi connectivity index (χ0) is 16.4. The summed E-state index contributed by atoms with van der Waals surface area (Å²) in [5, 5.41) is 13.1. The van der Waals surface area contributed by atoms with Crippen molar-refractivity contribution >= 4 is 16.0 Å². The van der Waals surface area contributed by atoms with Crippen molar-refractivity contribution in [3.8, 4) is 5.69 Å². The lowest BCUT2D eigenvalue weighted by Gasteiger charge is -2.28. The Bertz CT molecular complexity index is 793. The van der Waals surface area contributed by atoms with Gasteiger partial charge in [-0.15, -0.1) is 0 Å². The normalized spacial score (nSPS) is 17.2. The molecule has 8 heteroatoms. The highest BCUT2D eigenvalue weighted by molar-refractivity contribution is 7.89. The third kappa shape index (κ3) is 3.13. The van der Waals surface area contributed by atoms with E-state index in [9.17, 15) is 13.2 Å². The molecule has 1 aliphatic heterocycles. The number of para-hydroxylation sites is 1. The van der Waals surface area contributed by atoms with E-state index in [1.807, 2.05) is 30.3 Å². The minimum atomic E-state index is -3.64. The second-order valence-corrected chi connectivity index (χ2v) is 7.41. The van der Waals surface area contributed by atoms with Gasteiger partial charge in [0.25, 0.3) is 0 Å². The highest BCUT2D eigenvalue weighted by atomic mass is 32.2. The largest absolute Gasteiger partial charge is 0.481 e. The van der Waals surface area contributed by atoms with Gasteiger partial charge < -0.3 is 5.11 Å². The van der Waals surface area contributed by atoms with Crippen molar-refractivity contribution in [2.45, 2.75) is 17.7 Å². The van der Waals surface area contributed by atoms with E-state index < -0.39 is 21.9 Å². The molecule has 3 rings (SSSR count). The molecule has 0 spiro atoms. The quantitative estimate of drug-likeness (QED) is 0.910. The van der Waals surface area contributed by atoms with E-state index in [1.54, 1.807) is 0 Å². The van der Waals surface area contributed by atoms with Gasteiger partial charge in [-0.3, -0.25) is 4.79 Å². The number of aliphatic carboxylic acids is 1. The predicted molar refractivity (Wildman–Crippen MR) is 82.7 cm³/mol. The zero-order valence-corrected chi connectivity index (χ0v) is 13.2. The van der Waals surface area contributed by atoms with Crippen molar-refractivity contribution in [1.29, 1.82) is 0 Å². The van der Waals surface area contributed by atoms with Crippen LogP contribution in [0.5, 0.6) is 0 Å². The van der Waals surface area contributed by atoms with Gasteiger partial charge in [0, 0.05) is 13.1 Å². The summed E-state index contributed by atoms with van der Waals surface area (Å²) in [6.07, 6.45) is 3.47. The van der Waals surface area contributed by atoms with E-state index in [0.717, 1.165) is 5.69 Å². The average Bonchev–Trinajstić information content (AvgIpc) is 3.06. The van der Waals surface area contributed by atoms with Gasteiger partial charge in [-0.1, -0.05) is 18.2 Å². The number of carboxylic acid groups (broad SMARTS) is 1. The molecule has 1 saturated heterocycles. The number of sulfonamides is 1. The van der Waals surface area contributed by atoms with Crippen molar-refractivity contribution in [3.63, 3.8) is 0 Å². The summed E-state index contributed by atoms with van der Waals surface area (Å²) >= 11 is 0. The number of hydrogen-bond acceptors (Lipinski definition) is 4. The van der Waals surface area contributed by atoms with E-state index in [-0.39, 0.29) is 18.0 Å². The highest BCUT2D eigenvalue weighted by Gasteiger charge is 2.32. The first-order valence-corrected chi connectivity index (χ1v) is 8.75. The van der Waals surface area contributed by atoms with Crippen LogP contribution in [0.3, 0.4) is 0 Å². The Balaban J connectivity index is 1.79. The fourth-order valence-corrected chi connectivity index (χ4v) is 4.06. The van der Waals surface area contributed by atoms with E-state index in [2.05, 4.69) is 5.10 Å². The summed E-state index contributed by atoms with van der Waals surface area (Å²) in [5.41, 5.74) is 0.776. The smallest absolute Gasteiger partial charge is 0.306 e. The van der Waals surface area contributed by atoms with Crippen LogP contribution < -0.4 is 0 Å². The zero-order valence-electron chi connectivity index (χ0n) is 12.4. The molecule has 7 nitrogen and oxygen atoms in total. The van der Waals surface area contributed by atoms with Crippen molar-refractivity contribution in [2.24, 2.45) is 5.92 Å². The molecule has 1 aromatic heterocycles. The van der Waals surface area contributed by atoms with Gasteiger partial charge in [0.2, 0.25) is 10.0 Å². The van der Waals surface area contributed by atoms with Crippen molar-refractivity contribution in [1.82, 2.24) is 14.1 Å². The number of benzene rings is 1. The molecule has 0 saturated carbocycles. The fourth-order valence-electron chi connectivity index (χ4n) is 2.65. The second-order valence-electron chi connectivity index (χ2n) is 5.47. The molecule has 122 valence electrons. The van der Waals surface area contributed by atoms with Crippen molar-refractivity contribution in [3.05, 3.63) is 42.7 Å². The summed E-state index contributed by atoms with van der Waals surface area (Å²) in [7, 11) is -3.64. The number of rotatable bonds is 4. The van der Waals surface area contributed by atoms with Gasteiger partial charge in [0.05, 0.1) is 24.0 Å². The number of piperidine rings is 1. The summed E-state index contributed by atoms with van der Waals surface area (Å²) in [4.78, 5) is 11.1. The summed E-state index contributed by atoms with van der Waals surface area (Å²) < 4.78 is 28.1. The van der Waals surface area contributed by atoms with Crippen LogP contribution in [0.15, 0.2) is 47.6 Å². The SMILES string of the molecule is O=C(O)C1CCN(S(=O)(=O)c2cnn(-c3ccccc3)c2)CC1.